The Morgan fingerprint density at radius 1 is 1.06 bits per heavy atom. The fourth-order valence-electron chi connectivity index (χ4n) is 3.84. The van der Waals surface area contributed by atoms with Gasteiger partial charge in [-0.1, -0.05) is 30.3 Å². The lowest BCUT2D eigenvalue weighted by Crippen LogP contribution is -2.34. The van der Waals surface area contributed by atoms with Crippen molar-refractivity contribution in [2.24, 2.45) is 0 Å². The second-order valence-corrected chi connectivity index (χ2v) is 9.17. The van der Waals surface area contributed by atoms with E-state index in [0.29, 0.717) is 21.7 Å². The number of nitrogens with zero attached hydrogens (tertiary/aromatic N) is 1. The molecule has 1 amide bonds. The number of thiocarbonyl (C=S) groups is 1. The smallest absolute Gasteiger partial charge is 0.261 e. The number of benzene rings is 4. The number of halogens is 1. The largest absolute Gasteiger partial charge is 0.495 e. The molecule has 0 saturated carbocycles. The maximum Gasteiger partial charge on any atom is 0.261 e. The van der Waals surface area contributed by atoms with Crippen LogP contribution in [0.25, 0.3) is 33.3 Å². The molecule has 174 valence electrons. The minimum absolute atomic E-state index is 0.173. The van der Waals surface area contributed by atoms with Gasteiger partial charge in [0.15, 0.2) is 10.7 Å². The third-order valence-electron chi connectivity index (χ3n) is 5.55. The number of hydrogen-bond donors (Lipinski definition) is 2. The van der Waals surface area contributed by atoms with Crippen molar-refractivity contribution >= 4 is 66.7 Å². The van der Waals surface area contributed by atoms with E-state index in [2.05, 4.69) is 31.5 Å². The molecule has 0 aliphatic heterocycles. The summed E-state index contributed by atoms with van der Waals surface area (Å²) in [6.07, 6.45) is 0. The first-order chi connectivity index (χ1) is 16.9. The quantitative estimate of drug-likeness (QED) is 0.240. The van der Waals surface area contributed by atoms with E-state index < -0.39 is 0 Å². The van der Waals surface area contributed by atoms with Crippen LogP contribution in [0.3, 0.4) is 0 Å². The molecule has 0 aliphatic rings. The highest BCUT2D eigenvalue weighted by molar-refractivity contribution is 9.10. The van der Waals surface area contributed by atoms with E-state index in [0.717, 1.165) is 38.7 Å². The van der Waals surface area contributed by atoms with E-state index in [9.17, 15) is 4.79 Å². The molecule has 5 aromatic rings. The minimum Gasteiger partial charge on any atom is -0.495 e. The number of rotatable bonds is 4. The lowest BCUT2D eigenvalue weighted by molar-refractivity contribution is 0.0975. The van der Waals surface area contributed by atoms with Crippen LogP contribution in [0.5, 0.6) is 5.75 Å². The standard InChI is InChI=1S/C27H20BrN3O3S/c1-15-7-12-21-22(13-15)34-26(30-21)16-8-10-18(11-9-16)29-27(35)31-25(32)20-14-17-5-3-4-6-19(17)23(28)24(20)33-2/h3-14H,1-2H3,(H2,29,31,32,35). The van der Waals surface area contributed by atoms with Crippen molar-refractivity contribution in [1.29, 1.82) is 0 Å². The lowest BCUT2D eigenvalue weighted by Gasteiger charge is -2.14. The third-order valence-corrected chi connectivity index (χ3v) is 6.54. The molecule has 0 bridgehead atoms. The van der Waals surface area contributed by atoms with Gasteiger partial charge in [-0.05, 0) is 93.9 Å². The van der Waals surface area contributed by atoms with E-state index in [1.807, 2.05) is 73.7 Å². The molecular formula is C27H20BrN3O3S. The van der Waals surface area contributed by atoms with Crippen LogP contribution in [-0.2, 0) is 0 Å². The molecule has 0 radical (unpaired) electrons. The maximum absolute atomic E-state index is 13.0. The Bertz CT molecular complexity index is 1600. The molecule has 5 rings (SSSR count). The van der Waals surface area contributed by atoms with Crippen LogP contribution in [0.4, 0.5) is 5.69 Å². The van der Waals surface area contributed by atoms with Gasteiger partial charge in [0.25, 0.3) is 5.91 Å². The number of hydrogen-bond acceptors (Lipinski definition) is 5. The Hall–Kier alpha value is -3.75. The number of aromatic nitrogens is 1. The zero-order valence-corrected chi connectivity index (χ0v) is 21.3. The summed E-state index contributed by atoms with van der Waals surface area (Å²) < 4.78 is 12.1. The molecule has 4 aromatic carbocycles. The van der Waals surface area contributed by atoms with Gasteiger partial charge < -0.3 is 14.5 Å². The summed E-state index contributed by atoms with van der Waals surface area (Å²) >= 11 is 8.93. The molecule has 2 N–H and O–H groups in total. The van der Waals surface area contributed by atoms with Gasteiger partial charge in [0.2, 0.25) is 5.89 Å². The molecular weight excluding hydrogens is 526 g/mol. The van der Waals surface area contributed by atoms with Gasteiger partial charge in [-0.2, -0.15) is 0 Å². The summed E-state index contributed by atoms with van der Waals surface area (Å²) in [7, 11) is 1.53. The second kappa shape index (κ2) is 9.48. The summed E-state index contributed by atoms with van der Waals surface area (Å²) in [5.74, 6) is 0.619. The van der Waals surface area contributed by atoms with Gasteiger partial charge in [0.05, 0.1) is 17.1 Å². The van der Waals surface area contributed by atoms with Crippen molar-refractivity contribution < 1.29 is 13.9 Å². The summed E-state index contributed by atoms with van der Waals surface area (Å²) in [5, 5.41) is 7.81. The van der Waals surface area contributed by atoms with Crippen LogP contribution in [0, 0.1) is 6.92 Å². The van der Waals surface area contributed by atoms with Crippen molar-refractivity contribution in [3.63, 3.8) is 0 Å². The first-order valence-corrected chi connectivity index (χ1v) is 12.0. The number of nitrogens with one attached hydrogen (secondary N) is 2. The maximum atomic E-state index is 13.0. The SMILES string of the molecule is COc1c(C(=O)NC(=S)Nc2ccc(-c3nc4ccc(C)cc4o3)cc2)cc2ccccc2c1Br. The number of fused-ring (bicyclic) bond motifs is 2. The molecule has 0 spiro atoms. The zero-order valence-electron chi connectivity index (χ0n) is 18.9. The van der Waals surface area contributed by atoms with Crippen molar-refractivity contribution in [2.75, 3.05) is 12.4 Å². The van der Waals surface area contributed by atoms with E-state index in [4.69, 9.17) is 21.4 Å². The summed E-state index contributed by atoms with van der Waals surface area (Å²) in [5.41, 5.74) is 4.62. The Morgan fingerprint density at radius 2 is 1.83 bits per heavy atom. The average molecular weight is 546 g/mol. The lowest BCUT2D eigenvalue weighted by atomic mass is 10.1. The van der Waals surface area contributed by atoms with Crippen molar-refractivity contribution in [3.8, 4) is 17.2 Å². The fraction of sp³-hybridized carbons (Fsp3) is 0.0741. The van der Waals surface area contributed by atoms with Crippen molar-refractivity contribution in [3.05, 3.63) is 88.4 Å². The van der Waals surface area contributed by atoms with Crippen LogP contribution in [0.1, 0.15) is 15.9 Å². The number of carbonyl (C=O) groups excluding carboxylic acids is 1. The van der Waals surface area contributed by atoms with Gasteiger partial charge in [-0.25, -0.2) is 4.98 Å². The summed E-state index contributed by atoms with van der Waals surface area (Å²) in [6, 6.07) is 22.9. The number of anilines is 1. The number of methoxy groups -OCH3 is 1. The molecule has 0 aliphatic carbocycles. The Balaban J connectivity index is 1.31. The first-order valence-electron chi connectivity index (χ1n) is 10.8. The van der Waals surface area contributed by atoms with Crippen LogP contribution in [0.2, 0.25) is 0 Å². The topological polar surface area (TPSA) is 76.4 Å². The van der Waals surface area contributed by atoms with Crippen molar-refractivity contribution in [2.45, 2.75) is 6.92 Å². The number of carbonyl (C=O) groups is 1. The summed E-state index contributed by atoms with van der Waals surface area (Å²) in [6.45, 7) is 2.01. The normalized spacial score (nSPS) is 10.9. The molecule has 6 nitrogen and oxygen atoms in total. The van der Waals surface area contributed by atoms with Gasteiger partial charge in [-0.3, -0.25) is 10.1 Å². The predicted molar refractivity (Wildman–Crippen MR) is 146 cm³/mol. The van der Waals surface area contributed by atoms with Gasteiger partial charge in [0, 0.05) is 11.3 Å². The van der Waals surface area contributed by atoms with Gasteiger partial charge >= 0.3 is 0 Å². The van der Waals surface area contributed by atoms with Gasteiger partial charge in [-0.15, -0.1) is 0 Å². The van der Waals surface area contributed by atoms with Crippen molar-refractivity contribution in [1.82, 2.24) is 10.3 Å². The van der Waals surface area contributed by atoms with Crippen LogP contribution >= 0.6 is 28.1 Å². The molecule has 8 heteroatoms. The van der Waals surface area contributed by atoms with Crippen LogP contribution in [0.15, 0.2) is 81.7 Å². The monoisotopic (exact) mass is 545 g/mol. The second-order valence-electron chi connectivity index (χ2n) is 7.97. The van der Waals surface area contributed by atoms with Crippen LogP contribution < -0.4 is 15.4 Å². The molecule has 1 aromatic heterocycles. The Labute approximate surface area is 215 Å². The molecule has 0 unspecified atom stereocenters. The summed E-state index contributed by atoms with van der Waals surface area (Å²) in [4.78, 5) is 17.6. The highest BCUT2D eigenvalue weighted by Crippen LogP contribution is 2.36. The number of amides is 1. The molecule has 0 saturated heterocycles. The number of aryl methyl sites for hydroxylation is 1. The third kappa shape index (κ3) is 4.62. The Morgan fingerprint density at radius 3 is 2.60 bits per heavy atom. The fourth-order valence-corrected chi connectivity index (χ4v) is 4.78. The van der Waals surface area contributed by atoms with E-state index >= 15 is 0 Å². The zero-order chi connectivity index (χ0) is 24.5. The molecule has 0 fully saturated rings. The molecule has 35 heavy (non-hydrogen) atoms. The first kappa shape index (κ1) is 23.0. The van der Waals surface area contributed by atoms with Gasteiger partial charge in [0.1, 0.15) is 11.3 Å². The Kier molecular flexibility index (Phi) is 6.23. The number of oxazole rings is 1. The minimum atomic E-state index is -0.371. The number of ether oxygens (including phenoxy) is 1. The highest BCUT2D eigenvalue weighted by Gasteiger charge is 2.19. The highest BCUT2D eigenvalue weighted by atomic mass is 79.9. The van der Waals surface area contributed by atoms with E-state index in [1.165, 1.54) is 7.11 Å². The molecule has 1 heterocycles. The van der Waals surface area contributed by atoms with Crippen LogP contribution in [-0.4, -0.2) is 23.1 Å². The van der Waals surface area contributed by atoms with E-state index in [-0.39, 0.29) is 11.0 Å². The predicted octanol–water partition coefficient (Wildman–Crippen LogP) is 6.85. The average Bonchev–Trinajstić information content (AvgIpc) is 3.27. The molecule has 0 atom stereocenters. The van der Waals surface area contributed by atoms with E-state index in [1.54, 1.807) is 6.07 Å².